The molecule has 2 aliphatic heterocycles. The molecule has 2 saturated heterocycles. The van der Waals surface area contributed by atoms with Crippen molar-refractivity contribution in [2.24, 2.45) is 0 Å². The van der Waals surface area contributed by atoms with Crippen LogP contribution in [0.2, 0.25) is 0 Å². The second-order valence-corrected chi connectivity index (χ2v) is 9.98. The minimum atomic E-state index is 0.0720. The maximum absolute atomic E-state index is 13.3. The third-order valence-corrected chi connectivity index (χ3v) is 7.63. The van der Waals surface area contributed by atoms with Crippen molar-refractivity contribution < 1.29 is 9.59 Å². The summed E-state index contributed by atoms with van der Waals surface area (Å²) in [5, 5.41) is 0.857. The van der Waals surface area contributed by atoms with Gasteiger partial charge in [-0.15, -0.1) is 0 Å². The number of likely N-dealkylation sites (tertiary alicyclic amines) is 1. The van der Waals surface area contributed by atoms with E-state index < -0.39 is 0 Å². The first-order valence-electron chi connectivity index (χ1n) is 12.1. The van der Waals surface area contributed by atoms with E-state index in [9.17, 15) is 9.59 Å². The van der Waals surface area contributed by atoms with E-state index in [0.717, 1.165) is 66.3 Å². The van der Waals surface area contributed by atoms with Crippen molar-refractivity contribution in [3.63, 3.8) is 0 Å². The summed E-state index contributed by atoms with van der Waals surface area (Å²) in [6.07, 6.45) is 3.45. The normalized spacial score (nSPS) is 17.3. The zero-order chi connectivity index (χ0) is 23.3. The van der Waals surface area contributed by atoms with Crippen molar-refractivity contribution in [3.8, 4) is 0 Å². The van der Waals surface area contributed by atoms with Crippen LogP contribution in [0.4, 0.5) is 0 Å². The summed E-state index contributed by atoms with van der Waals surface area (Å²) >= 11 is 1.61. The van der Waals surface area contributed by atoms with Gasteiger partial charge in [0.05, 0.1) is 17.6 Å². The van der Waals surface area contributed by atoms with Gasteiger partial charge in [-0.1, -0.05) is 42.1 Å². The molecule has 0 unspecified atom stereocenters. The predicted molar refractivity (Wildman–Crippen MR) is 135 cm³/mol. The average Bonchev–Trinajstić information content (AvgIpc) is 3.31. The third kappa shape index (κ3) is 5.28. The first-order valence-corrected chi connectivity index (χ1v) is 13.1. The summed E-state index contributed by atoms with van der Waals surface area (Å²) in [6, 6.07) is 15.8. The molecule has 0 aliphatic carbocycles. The zero-order valence-corrected chi connectivity index (χ0v) is 20.2. The number of benzene rings is 2. The number of aromatic nitrogens is 2. The van der Waals surface area contributed by atoms with Gasteiger partial charge >= 0.3 is 0 Å². The Kier molecular flexibility index (Phi) is 7.16. The summed E-state index contributed by atoms with van der Waals surface area (Å²) in [5.74, 6) is 0.974. The number of H-pyrrole nitrogens is 1. The fourth-order valence-corrected chi connectivity index (χ4v) is 5.60. The molecule has 34 heavy (non-hydrogen) atoms. The topological polar surface area (TPSA) is 72.5 Å². The van der Waals surface area contributed by atoms with Crippen LogP contribution in [0.5, 0.6) is 0 Å². The molecule has 7 nitrogen and oxygen atoms in total. The lowest BCUT2D eigenvalue weighted by Gasteiger charge is -2.36. The number of hydrogen-bond donors (Lipinski definition) is 1. The number of rotatable bonds is 6. The lowest BCUT2D eigenvalue weighted by Crippen LogP contribution is -2.52. The van der Waals surface area contributed by atoms with E-state index in [0.29, 0.717) is 25.4 Å². The van der Waals surface area contributed by atoms with E-state index in [2.05, 4.69) is 14.9 Å². The van der Waals surface area contributed by atoms with Crippen LogP contribution in [0.15, 0.2) is 53.7 Å². The lowest BCUT2D eigenvalue weighted by atomic mass is 10.1. The highest BCUT2D eigenvalue weighted by Crippen LogP contribution is 2.25. The number of hydrogen-bond acceptors (Lipinski definition) is 5. The Bertz CT molecular complexity index is 1120. The van der Waals surface area contributed by atoms with E-state index in [1.807, 2.05) is 58.3 Å². The van der Waals surface area contributed by atoms with Crippen LogP contribution in [0.3, 0.4) is 0 Å². The van der Waals surface area contributed by atoms with E-state index in [-0.39, 0.29) is 11.8 Å². The summed E-state index contributed by atoms with van der Waals surface area (Å²) in [4.78, 5) is 40.0. The number of nitrogens with one attached hydrogen (secondary N) is 1. The number of amides is 2. The molecule has 1 N–H and O–H groups in total. The molecule has 2 amide bonds. The summed E-state index contributed by atoms with van der Waals surface area (Å²) in [7, 11) is 0. The van der Waals surface area contributed by atoms with Gasteiger partial charge in [0.15, 0.2) is 5.16 Å². The molecule has 2 aliphatic rings. The van der Waals surface area contributed by atoms with Crippen molar-refractivity contribution in [2.45, 2.75) is 30.2 Å². The number of nitrogens with zero attached hydrogens (tertiary/aromatic N) is 4. The molecule has 2 fully saturated rings. The Hall–Kier alpha value is -2.84. The van der Waals surface area contributed by atoms with Crippen LogP contribution >= 0.6 is 11.8 Å². The van der Waals surface area contributed by atoms with Crippen molar-refractivity contribution in [1.82, 2.24) is 24.7 Å². The van der Waals surface area contributed by atoms with Gasteiger partial charge in [0.25, 0.3) is 5.91 Å². The van der Waals surface area contributed by atoms with E-state index in [4.69, 9.17) is 0 Å². The fourth-order valence-electron chi connectivity index (χ4n) is 4.71. The molecule has 5 rings (SSSR count). The molecule has 0 saturated carbocycles. The Labute approximate surface area is 204 Å². The number of thioether (sulfide) groups is 1. The molecule has 3 heterocycles. The number of imidazole rings is 1. The SMILES string of the molecule is O=C(CN1CCN(C(=O)c2ccccc2CSc2nc3ccccc3[nH]2)CC1)N1CCCCC1. The third-order valence-electron chi connectivity index (χ3n) is 6.71. The fraction of sp³-hybridized carbons (Fsp3) is 0.423. The molecule has 0 bridgehead atoms. The van der Waals surface area contributed by atoms with Gasteiger partial charge in [0.1, 0.15) is 0 Å². The summed E-state index contributed by atoms with van der Waals surface area (Å²) in [5.41, 5.74) is 3.74. The molecule has 0 radical (unpaired) electrons. The largest absolute Gasteiger partial charge is 0.342 e. The number of piperazine rings is 1. The lowest BCUT2D eigenvalue weighted by molar-refractivity contribution is -0.133. The highest BCUT2D eigenvalue weighted by molar-refractivity contribution is 7.98. The van der Waals surface area contributed by atoms with Gasteiger partial charge in [0, 0.05) is 50.6 Å². The number of carbonyl (C=O) groups excluding carboxylic acids is 2. The molecule has 3 aromatic rings. The molecule has 1 aromatic heterocycles. The van der Waals surface area contributed by atoms with Gasteiger partial charge in [-0.2, -0.15) is 0 Å². The second-order valence-electron chi connectivity index (χ2n) is 9.01. The van der Waals surface area contributed by atoms with Crippen LogP contribution in [0.25, 0.3) is 11.0 Å². The van der Waals surface area contributed by atoms with Crippen LogP contribution < -0.4 is 0 Å². The van der Waals surface area contributed by atoms with Crippen LogP contribution in [-0.2, 0) is 10.5 Å². The maximum Gasteiger partial charge on any atom is 0.254 e. The Morgan fingerprint density at radius 1 is 0.853 bits per heavy atom. The quantitative estimate of drug-likeness (QED) is 0.549. The van der Waals surface area contributed by atoms with Gasteiger partial charge in [-0.25, -0.2) is 4.98 Å². The van der Waals surface area contributed by atoms with Gasteiger partial charge < -0.3 is 14.8 Å². The van der Waals surface area contributed by atoms with Crippen LogP contribution in [-0.4, -0.2) is 82.3 Å². The van der Waals surface area contributed by atoms with Gasteiger partial charge in [-0.05, 0) is 43.0 Å². The number of carbonyl (C=O) groups is 2. The van der Waals surface area contributed by atoms with Gasteiger partial charge in [-0.3, -0.25) is 14.5 Å². The van der Waals surface area contributed by atoms with Crippen molar-refractivity contribution in [1.29, 1.82) is 0 Å². The highest BCUT2D eigenvalue weighted by Gasteiger charge is 2.26. The first-order chi connectivity index (χ1) is 16.7. The number of para-hydroxylation sites is 2. The first kappa shape index (κ1) is 22.9. The summed E-state index contributed by atoms with van der Waals surface area (Å²) in [6.45, 7) is 5.02. The molecular formula is C26H31N5O2S. The summed E-state index contributed by atoms with van der Waals surface area (Å²) < 4.78 is 0. The smallest absolute Gasteiger partial charge is 0.254 e. The monoisotopic (exact) mass is 477 g/mol. The molecular weight excluding hydrogens is 446 g/mol. The van der Waals surface area contributed by atoms with E-state index in [1.54, 1.807) is 11.8 Å². The Morgan fingerprint density at radius 2 is 1.59 bits per heavy atom. The number of aromatic amines is 1. The minimum absolute atomic E-state index is 0.0720. The molecule has 178 valence electrons. The number of fused-ring (bicyclic) bond motifs is 1. The van der Waals surface area contributed by atoms with Crippen LogP contribution in [0.1, 0.15) is 35.2 Å². The molecule has 0 atom stereocenters. The molecule has 0 spiro atoms. The van der Waals surface area contributed by atoms with Crippen molar-refractivity contribution >= 4 is 34.6 Å². The minimum Gasteiger partial charge on any atom is -0.342 e. The van der Waals surface area contributed by atoms with E-state index >= 15 is 0 Å². The predicted octanol–water partition coefficient (Wildman–Crippen LogP) is 3.63. The Morgan fingerprint density at radius 3 is 2.38 bits per heavy atom. The van der Waals surface area contributed by atoms with Crippen molar-refractivity contribution in [2.75, 3.05) is 45.8 Å². The highest BCUT2D eigenvalue weighted by atomic mass is 32.2. The Balaban J connectivity index is 1.17. The van der Waals surface area contributed by atoms with Crippen molar-refractivity contribution in [3.05, 3.63) is 59.7 Å². The number of piperidine rings is 1. The average molecular weight is 478 g/mol. The van der Waals surface area contributed by atoms with Gasteiger partial charge in [0.2, 0.25) is 5.91 Å². The zero-order valence-electron chi connectivity index (χ0n) is 19.4. The standard InChI is InChI=1S/C26H31N5O2S/c32-24(30-12-6-1-7-13-30)18-29-14-16-31(17-15-29)25(33)21-9-3-2-8-20(21)19-34-26-27-22-10-4-5-11-23(22)28-26/h2-5,8-11H,1,6-7,12-19H2,(H,27,28). The van der Waals surface area contributed by atoms with Crippen LogP contribution in [0, 0.1) is 0 Å². The molecule has 2 aromatic carbocycles. The second kappa shape index (κ2) is 10.6. The maximum atomic E-state index is 13.3. The molecule has 8 heteroatoms. The van der Waals surface area contributed by atoms with E-state index in [1.165, 1.54) is 6.42 Å².